The minimum atomic E-state index is -0.464. The molecule has 9 heteroatoms. The van der Waals surface area contributed by atoms with Crippen LogP contribution in [0.15, 0.2) is 12.1 Å². The summed E-state index contributed by atoms with van der Waals surface area (Å²) in [6.07, 6.45) is 0. The molecule has 9 nitrogen and oxygen atoms in total. The number of nitro groups is 1. The molecule has 2 aromatic rings. The van der Waals surface area contributed by atoms with Gasteiger partial charge in [-0.05, 0) is 19.9 Å². The number of anilines is 1. The van der Waals surface area contributed by atoms with E-state index in [1.54, 1.807) is 13.0 Å². The van der Waals surface area contributed by atoms with Crippen molar-refractivity contribution in [2.75, 3.05) is 5.32 Å². The Morgan fingerprint density at radius 3 is 2.83 bits per heavy atom. The zero-order valence-electron chi connectivity index (χ0n) is 9.78. The maximum absolute atomic E-state index is 10.7. The minimum absolute atomic E-state index is 0.00670. The fourth-order valence-electron chi connectivity index (χ4n) is 1.47. The number of nitrogens with zero attached hydrogens (tertiary/aromatic N) is 5. The molecule has 0 amide bonds. The van der Waals surface area contributed by atoms with Gasteiger partial charge in [-0.1, -0.05) is 5.21 Å². The van der Waals surface area contributed by atoms with Crippen molar-refractivity contribution in [2.24, 2.45) is 0 Å². The molecule has 0 saturated carbocycles. The summed E-state index contributed by atoms with van der Waals surface area (Å²) < 4.78 is 0. The fourth-order valence-corrected chi connectivity index (χ4v) is 1.47. The molecule has 0 aliphatic rings. The van der Waals surface area contributed by atoms with Crippen LogP contribution in [0.4, 0.5) is 11.5 Å². The lowest BCUT2D eigenvalue weighted by Crippen LogP contribution is -2.10. The Balaban J connectivity index is 2.15. The first-order valence-corrected chi connectivity index (χ1v) is 5.20. The molecule has 2 N–H and O–H groups in total. The fraction of sp³-hybridized carbons (Fsp3) is 0.333. The Kier molecular flexibility index (Phi) is 3.13. The van der Waals surface area contributed by atoms with Gasteiger partial charge < -0.3 is 5.32 Å². The van der Waals surface area contributed by atoms with Gasteiger partial charge in [-0.15, -0.1) is 10.2 Å². The van der Waals surface area contributed by atoms with E-state index in [1.807, 2.05) is 6.92 Å². The van der Waals surface area contributed by atoms with Crippen molar-refractivity contribution in [1.29, 1.82) is 0 Å². The van der Waals surface area contributed by atoms with Crippen LogP contribution in [0.2, 0.25) is 0 Å². The maximum Gasteiger partial charge on any atom is 0.290 e. The van der Waals surface area contributed by atoms with E-state index < -0.39 is 4.92 Å². The summed E-state index contributed by atoms with van der Waals surface area (Å²) in [4.78, 5) is 14.3. The van der Waals surface area contributed by atoms with Gasteiger partial charge in [-0.3, -0.25) is 10.1 Å². The zero-order valence-corrected chi connectivity index (χ0v) is 9.78. The first kappa shape index (κ1) is 11.9. The summed E-state index contributed by atoms with van der Waals surface area (Å²) in [6.45, 7) is 3.42. The van der Waals surface area contributed by atoms with Crippen LogP contribution in [0.3, 0.4) is 0 Å². The van der Waals surface area contributed by atoms with Crippen LogP contribution in [-0.4, -0.2) is 30.5 Å². The highest BCUT2D eigenvalue weighted by Crippen LogP contribution is 2.20. The molecule has 0 aliphatic carbocycles. The highest BCUT2D eigenvalue weighted by Gasteiger charge is 2.14. The molecule has 0 spiro atoms. The molecule has 2 rings (SSSR count). The topological polar surface area (TPSA) is 123 Å². The third-order valence-corrected chi connectivity index (χ3v) is 2.37. The number of aryl methyl sites for hydroxylation is 1. The number of rotatable bonds is 4. The van der Waals surface area contributed by atoms with E-state index in [-0.39, 0.29) is 11.7 Å². The van der Waals surface area contributed by atoms with Crippen LogP contribution in [0.1, 0.15) is 24.5 Å². The van der Waals surface area contributed by atoms with E-state index in [4.69, 9.17) is 0 Å². The van der Waals surface area contributed by atoms with Gasteiger partial charge in [-0.25, -0.2) is 4.98 Å². The third kappa shape index (κ3) is 2.39. The molecular formula is C9H11N7O2. The molecule has 2 aromatic heterocycles. The molecule has 0 aromatic carbocycles. The van der Waals surface area contributed by atoms with Gasteiger partial charge in [0, 0.05) is 6.07 Å². The number of nitrogens with one attached hydrogen (secondary N) is 2. The van der Waals surface area contributed by atoms with Gasteiger partial charge in [0.25, 0.3) is 5.69 Å². The minimum Gasteiger partial charge on any atom is -0.360 e. The van der Waals surface area contributed by atoms with E-state index >= 15 is 0 Å². The number of H-pyrrole nitrogens is 1. The first-order valence-electron chi connectivity index (χ1n) is 5.20. The summed E-state index contributed by atoms with van der Waals surface area (Å²) >= 11 is 0. The molecule has 0 radical (unpaired) electrons. The van der Waals surface area contributed by atoms with Gasteiger partial charge in [-0.2, -0.15) is 5.21 Å². The average Bonchev–Trinajstić information content (AvgIpc) is 2.81. The smallest absolute Gasteiger partial charge is 0.290 e. The Morgan fingerprint density at radius 2 is 2.28 bits per heavy atom. The van der Waals surface area contributed by atoms with Crippen molar-refractivity contribution < 1.29 is 4.92 Å². The Morgan fingerprint density at radius 1 is 1.50 bits per heavy atom. The van der Waals surface area contributed by atoms with Gasteiger partial charge in [0.05, 0.1) is 11.0 Å². The van der Waals surface area contributed by atoms with E-state index in [9.17, 15) is 10.1 Å². The summed E-state index contributed by atoms with van der Waals surface area (Å²) in [5.74, 6) is 1.02. The molecule has 0 saturated heterocycles. The van der Waals surface area contributed by atoms with E-state index in [2.05, 4.69) is 30.9 Å². The number of hydrogen-bond acceptors (Lipinski definition) is 7. The number of aromatic amines is 1. The lowest BCUT2D eigenvalue weighted by atomic mass is 10.3. The molecule has 0 aliphatic heterocycles. The number of tetrazole rings is 1. The predicted molar refractivity (Wildman–Crippen MR) is 61.8 cm³/mol. The highest BCUT2D eigenvalue weighted by atomic mass is 16.6. The highest BCUT2D eigenvalue weighted by molar-refractivity contribution is 5.45. The molecule has 18 heavy (non-hydrogen) atoms. The summed E-state index contributed by atoms with van der Waals surface area (Å²) in [5, 5.41) is 27.2. The monoisotopic (exact) mass is 249 g/mol. The van der Waals surface area contributed by atoms with Crippen LogP contribution >= 0.6 is 0 Å². The predicted octanol–water partition coefficient (Wildman–Crippen LogP) is 0.984. The third-order valence-electron chi connectivity index (χ3n) is 2.37. The average molecular weight is 249 g/mol. The lowest BCUT2D eigenvalue weighted by molar-refractivity contribution is -0.385. The molecule has 94 valence electrons. The van der Waals surface area contributed by atoms with Crippen LogP contribution in [0.5, 0.6) is 0 Å². The van der Waals surface area contributed by atoms with E-state index in [0.29, 0.717) is 17.3 Å². The Hall–Kier alpha value is -2.58. The maximum atomic E-state index is 10.7. The number of aromatic nitrogens is 5. The summed E-state index contributed by atoms with van der Waals surface area (Å²) in [6, 6.07) is 2.76. The van der Waals surface area contributed by atoms with Crippen LogP contribution < -0.4 is 5.32 Å². The molecule has 0 fully saturated rings. The van der Waals surface area contributed by atoms with Gasteiger partial charge in [0.15, 0.2) is 5.82 Å². The first-order chi connectivity index (χ1) is 8.58. The summed E-state index contributed by atoms with van der Waals surface area (Å²) in [7, 11) is 0. The molecule has 2 heterocycles. The van der Waals surface area contributed by atoms with E-state index in [1.165, 1.54) is 6.07 Å². The normalized spacial score (nSPS) is 12.1. The Bertz CT molecular complexity index is 554. The van der Waals surface area contributed by atoms with Crippen molar-refractivity contribution in [2.45, 2.75) is 19.9 Å². The Labute approximate surface area is 102 Å². The SMILES string of the molecule is Cc1nc(NC(C)c2nn[nH]n2)ccc1[N+](=O)[O-]. The molecule has 0 bridgehead atoms. The second kappa shape index (κ2) is 4.73. The van der Waals surface area contributed by atoms with E-state index in [0.717, 1.165) is 0 Å². The zero-order chi connectivity index (χ0) is 13.1. The lowest BCUT2D eigenvalue weighted by Gasteiger charge is -2.10. The van der Waals surface area contributed by atoms with Gasteiger partial charge in [0.1, 0.15) is 11.5 Å². The van der Waals surface area contributed by atoms with Crippen molar-refractivity contribution in [3.63, 3.8) is 0 Å². The number of hydrogen-bond donors (Lipinski definition) is 2. The van der Waals surface area contributed by atoms with Crippen LogP contribution in [0, 0.1) is 17.0 Å². The van der Waals surface area contributed by atoms with Gasteiger partial charge >= 0.3 is 0 Å². The quantitative estimate of drug-likeness (QED) is 0.611. The second-order valence-electron chi connectivity index (χ2n) is 3.69. The summed E-state index contributed by atoms with van der Waals surface area (Å²) in [5.41, 5.74) is 0.345. The second-order valence-corrected chi connectivity index (χ2v) is 3.69. The van der Waals surface area contributed by atoms with Crippen molar-refractivity contribution in [1.82, 2.24) is 25.6 Å². The number of pyridine rings is 1. The standard InChI is InChI=1S/C9H11N7O2/c1-5-7(16(17)18)3-4-8(10-5)11-6(2)9-12-14-15-13-9/h3-4,6H,1-2H3,(H,10,11)(H,12,13,14,15). The van der Waals surface area contributed by atoms with Crippen molar-refractivity contribution in [3.05, 3.63) is 33.8 Å². The largest absolute Gasteiger partial charge is 0.360 e. The van der Waals surface area contributed by atoms with Crippen molar-refractivity contribution in [3.8, 4) is 0 Å². The molecule has 1 atom stereocenters. The van der Waals surface area contributed by atoms with Gasteiger partial charge in [0.2, 0.25) is 0 Å². The molecule has 1 unspecified atom stereocenters. The van der Waals surface area contributed by atoms with Crippen molar-refractivity contribution >= 4 is 11.5 Å². The molecular weight excluding hydrogens is 238 g/mol. The van der Waals surface area contributed by atoms with Crippen LogP contribution in [0.25, 0.3) is 0 Å². The van der Waals surface area contributed by atoms with Crippen LogP contribution in [-0.2, 0) is 0 Å².